The Morgan fingerprint density at radius 3 is 2.38 bits per heavy atom. The van der Waals surface area contributed by atoms with Crippen LogP contribution in [0.4, 0.5) is 0 Å². The van der Waals surface area contributed by atoms with E-state index >= 15 is 0 Å². The molecule has 1 atom stereocenters. The topological polar surface area (TPSA) is 46.3 Å². The first-order valence-corrected chi connectivity index (χ1v) is 5.55. The third-order valence-corrected chi connectivity index (χ3v) is 2.63. The summed E-state index contributed by atoms with van der Waals surface area (Å²) in [6.07, 6.45) is 0. The van der Waals surface area contributed by atoms with E-state index in [1.807, 2.05) is 24.3 Å². The van der Waals surface area contributed by atoms with Crippen molar-refractivity contribution in [3.8, 4) is 0 Å². The molecule has 0 spiro atoms. The summed E-state index contributed by atoms with van der Waals surface area (Å²) in [4.78, 5) is 13.1. The first-order chi connectivity index (χ1) is 7.00. The number of amides is 1. The van der Waals surface area contributed by atoms with E-state index < -0.39 is 6.04 Å². The Hall–Kier alpha value is -0.580. The summed E-state index contributed by atoms with van der Waals surface area (Å²) in [5.74, 6) is -0.0436. The second kappa shape index (κ2) is 6.89. The number of hydrogen-bond acceptors (Lipinski definition) is 2. The minimum absolute atomic E-state index is 0. The zero-order chi connectivity index (χ0) is 11.4. The molecule has 0 radical (unpaired) electrons. The SMILES string of the molecule is CC(N)C(=O)N(C)Cc1ccc(Br)cc1.Cl. The quantitative estimate of drug-likeness (QED) is 0.930. The van der Waals surface area contributed by atoms with E-state index in [0.717, 1.165) is 10.0 Å². The van der Waals surface area contributed by atoms with Gasteiger partial charge < -0.3 is 10.6 Å². The Morgan fingerprint density at radius 1 is 1.44 bits per heavy atom. The summed E-state index contributed by atoms with van der Waals surface area (Å²) in [6.45, 7) is 2.29. The van der Waals surface area contributed by atoms with Gasteiger partial charge in [0, 0.05) is 18.1 Å². The van der Waals surface area contributed by atoms with Gasteiger partial charge in [-0.1, -0.05) is 28.1 Å². The van der Waals surface area contributed by atoms with E-state index in [9.17, 15) is 4.79 Å². The highest BCUT2D eigenvalue weighted by Crippen LogP contribution is 2.11. The molecular weight excluding hydrogens is 291 g/mol. The van der Waals surface area contributed by atoms with Crippen LogP contribution in [0.3, 0.4) is 0 Å². The van der Waals surface area contributed by atoms with Crippen molar-refractivity contribution in [1.82, 2.24) is 4.90 Å². The monoisotopic (exact) mass is 306 g/mol. The lowest BCUT2D eigenvalue weighted by molar-refractivity contribution is -0.131. The van der Waals surface area contributed by atoms with Crippen LogP contribution in [0.15, 0.2) is 28.7 Å². The fraction of sp³-hybridized carbons (Fsp3) is 0.364. The van der Waals surface area contributed by atoms with Gasteiger partial charge in [-0.3, -0.25) is 4.79 Å². The number of halogens is 2. The number of rotatable bonds is 3. The zero-order valence-corrected chi connectivity index (χ0v) is 11.7. The molecule has 2 N–H and O–H groups in total. The lowest BCUT2D eigenvalue weighted by Crippen LogP contribution is -2.39. The van der Waals surface area contributed by atoms with Gasteiger partial charge in [-0.2, -0.15) is 0 Å². The van der Waals surface area contributed by atoms with Crippen LogP contribution in [-0.2, 0) is 11.3 Å². The predicted octanol–water partition coefficient (Wildman–Crippen LogP) is 2.18. The van der Waals surface area contributed by atoms with Gasteiger partial charge in [0.15, 0.2) is 0 Å². The highest BCUT2D eigenvalue weighted by Gasteiger charge is 2.12. The lowest BCUT2D eigenvalue weighted by atomic mass is 10.2. The Labute approximate surface area is 111 Å². The van der Waals surface area contributed by atoms with Gasteiger partial charge in [-0.05, 0) is 24.6 Å². The predicted molar refractivity (Wildman–Crippen MR) is 71.5 cm³/mol. The van der Waals surface area contributed by atoms with Gasteiger partial charge >= 0.3 is 0 Å². The Balaban J connectivity index is 0.00000225. The van der Waals surface area contributed by atoms with Crippen molar-refractivity contribution in [1.29, 1.82) is 0 Å². The Morgan fingerprint density at radius 2 is 1.94 bits per heavy atom. The molecule has 1 amide bonds. The third-order valence-electron chi connectivity index (χ3n) is 2.10. The number of likely N-dealkylation sites (N-methyl/N-ethyl adjacent to an activating group) is 1. The average Bonchev–Trinajstić information content (AvgIpc) is 2.20. The van der Waals surface area contributed by atoms with Gasteiger partial charge in [0.25, 0.3) is 0 Å². The molecule has 0 aliphatic heterocycles. The molecule has 0 heterocycles. The molecule has 0 fully saturated rings. The molecule has 16 heavy (non-hydrogen) atoms. The van der Waals surface area contributed by atoms with Crippen LogP contribution in [0, 0.1) is 0 Å². The van der Waals surface area contributed by atoms with Gasteiger partial charge in [-0.25, -0.2) is 0 Å². The summed E-state index contributed by atoms with van der Waals surface area (Å²) in [6, 6.07) is 7.44. The van der Waals surface area contributed by atoms with Crippen LogP contribution in [0.5, 0.6) is 0 Å². The maximum atomic E-state index is 11.5. The summed E-state index contributed by atoms with van der Waals surface area (Å²) < 4.78 is 1.03. The van der Waals surface area contributed by atoms with Crippen LogP contribution < -0.4 is 5.73 Å². The molecule has 1 rings (SSSR count). The molecule has 1 aromatic rings. The van der Waals surface area contributed by atoms with E-state index in [1.54, 1.807) is 18.9 Å². The zero-order valence-electron chi connectivity index (χ0n) is 9.31. The minimum Gasteiger partial charge on any atom is -0.340 e. The average molecular weight is 308 g/mol. The number of carbonyl (C=O) groups is 1. The third kappa shape index (κ3) is 4.51. The van der Waals surface area contributed by atoms with Gasteiger partial charge in [-0.15, -0.1) is 12.4 Å². The van der Waals surface area contributed by atoms with Crippen molar-refractivity contribution >= 4 is 34.2 Å². The number of benzene rings is 1. The molecule has 0 aromatic heterocycles. The summed E-state index contributed by atoms with van der Waals surface area (Å²) in [5.41, 5.74) is 6.61. The highest BCUT2D eigenvalue weighted by molar-refractivity contribution is 9.10. The van der Waals surface area contributed by atoms with Crippen LogP contribution in [-0.4, -0.2) is 23.9 Å². The largest absolute Gasteiger partial charge is 0.340 e. The molecule has 0 bridgehead atoms. The van der Waals surface area contributed by atoms with E-state index in [1.165, 1.54) is 0 Å². The minimum atomic E-state index is -0.439. The molecule has 0 aliphatic rings. The summed E-state index contributed by atoms with van der Waals surface area (Å²) in [5, 5.41) is 0. The van der Waals surface area contributed by atoms with Crippen molar-refractivity contribution in [2.75, 3.05) is 7.05 Å². The molecular formula is C11H16BrClN2O. The van der Waals surface area contributed by atoms with E-state index in [2.05, 4.69) is 15.9 Å². The summed E-state index contributed by atoms with van der Waals surface area (Å²) in [7, 11) is 1.76. The fourth-order valence-corrected chi connectivity index (χ4v) is 1.55. The molecule has 90 valence electrons. The van der Waals surface area contributed by atoms with Gasteiger partial charge in [0.2, 0.25) is 5.91 Å². The molecule has 0 aliphatic carbocycles. The standard InChI is InChI=1S/C11H15BrN2O.ClH/c1-8(13)11(15)14(2)7-9-3-5-10(12)6-4-9;/h3-6,8H,7,13H2,1-2H3;1H. The van der Waals surface area contributed by atoms with Crippen molar-refractivity contribution < 1.29 is 4.79 Å². The fourth-order valence-electron chi connectivity index (χ4n) is 1.29. The maximum Gasteiger partial charge on any atom is 0.239 e. The van der Waals surface area contributed by atoms with Crippen LogP contribution >= 0.6 is 28.3 Å². The van der Waals surface area contributed by atoms with Crippen molar-refractivity contribution in [2.45, 2.75) is 19.5 Å². The van der Waals surface area contributed by atoms with Crippen LogP contribution in [0.2, 0.25) is 0 Å². The Kier molecular flexibility index (Phi) is 6.64. The Bertz CT molecular complexity index is 340. The number of nitrogens with two attached hydrogens (primary N) is 1. The first-order valence-electron chi connectivity index (χ1n) is 4.75. The van der Waals surface area contributed by atoms with Crippen molar-refractivity contribution in [3.05, 3.63) is 34.3 Å². The smallest absolute Gasteiger partial charge is 0.239 e. The molecule has 1 aromatic carbocycles. The molecule has 1 unspecified atom stereocenters. The maximum absolute atomic E-state index is 11.5. The van der Waals surface area contributed by atoms with E-state index in [0.29, 0.717) is 6.54 Å². The number of nitrogens with zero attached hydrogens (tertiary/aromatic N) is 1. The van der Waals surface area contributed by atoms with Crippen LogP contribution in [0.1, 0.15) is 12.5 Å². The van der Waals surface area contributed by atoms with Crippen molar-refractivity contribution in [3.63, 3.8) is 0 Å². The normalized spacial score (nSPS) is 11.5. The van der Waals surface area contributed by atoms with Crippen LogP contribution in [0.25, 0.3) is 0 Å². The van der Waals surface area contributed by atoms with Gasteiger partial charge in [0.05, 0.1) is 6.04 Å². The molecule has 0 saturated carbocycles. The molecule has 0 saturated heterocycles. The van der Waals surface area contributed by atoms with E-state index in [4.69, 9.17) is 5.73 Å². The van der Waals surface area contributed by atoms with E-state index in [-0.39, 0.29) is 18.3 Å². The molecule has 3 nitrogen and oxygen atoms in total. The number of hydrogen-bond donors (Lipinski definition) is 1. The second-order valence-electron chi connectivity index (χ2n) is 3.61. The lowest BCUT2D eigenvalue weighted by Gasteiger charge is -2.19. The first kappa shape index (κ1) is 15.4. The highest BCUT2D eigenvalue weighted by atomic mass is 79.9. The second-order valence-corrected chi connectivity index (χ2v) is 4.53. The van der Waals surface area contributed by atoms with Gasteiger partial charge in [0.1, 0.15) is 0 Å². The number of carbonyl (C=O) groups excluding carboxylic acids is 1. The summed E-state index contributed by atoms with van der Waals surface area (Å²) >= 11 is 3.36. The molecule has 5 heteroatoms. The van der Waals surface area contributed by atoms with Crippen molar-refractivity contribution in [2.24, 2.45) is 5.73 Å².